The van der Waals surface area contributed by atoms with Crippen molar-refractivity contribution in [3.05, 3.63) is 187 Å². The van der Waals surface area contributed by atoms with Crippen LogP contribution in [0.15, 0.2) is 181 Å². The maximum absolute atomic E-state index is 7.11. The predicted octanol–water partition coefficient (Wildman–Crippen LogP) is 12.4. The van der Waals surface area contributed by atoms with Crippen LogP contribution in [-0.4, -0.2) is 24.2 Å². The molecule has 0 aromatic heterocycles. The van der Waals surface area contributed by atoms with Gasteiger partial charge in [0.05, 0.1) is 17.8 Å². The van der Waals surface area contributed by atoms with Crippen molar-refractivity contribution in [3.63, 3.8) is 0 Å². The van der Waals surface area contributed by atoms with Gasteiger partial charge in [-0.15, -0.1) is 0 Å². The maximum Gasteiger partial charge on any atom is 0.148 e. The van der Waals surface area contributed by atoms with Crippen LogP contribution in [0.5, 0.6) is 5.75 Å². The highest BCUT2D eigenvalue weighted by atomic mass is 16.5. The van der Waals surface area contributed by atoms with Crippen molar-refractivity contribution in [2.75, 3.05) is 9.80 Å². The molecule has 5 aliphatic carbocycles. The third-order valence-corrected chi connectivity index (χ3v) is 14.8. The van der Waals surface area contributed by atoms with Gasteiger partial charge in [-0.3, -0.25) is 0 Å². The second-order valence-electron chi connectivity index (χ2n) is 17.6. The van der Waals surface area contributed by atoms with Crippen LogP contribution >= 0.6 is 0 Å². The van der Waals surface area contributed by atoms with Gasteiger partial charge in [-0.2, -0.15) is 0 Å². The smallest absolute Gasteiger partial charge is 0.148 e. The number of hydrogen-bond donors (Lipinski definition) is 0. The summed E-state index contributed by atoms with van der Waals surface area (Å²) < 4.78 is 7.11. The largest absolute Gasteiger partial charge is 0.483 e. The maximum atomic E-state index is 7.11. The summed E-state index contributed by atoms with van der Waals surface area (Å²) in [4.78, 5) is 5.49. The zero-order chi connectivity index (χ0) is 37.5. The molecule has 0 spiro atoms. The Balaban J connectivity index is 0.907. The average Bonchev–Trinajstić information content (AvgIpc) is 3.94. The van der Waals surface area contributed by atoms with Crippen LogP contribution < -0.4 is 14.5 Å². The van der Waals surface area contributed by atoms with E-state index >= 15 is 0 Å². The minimum Gasteiger partial charge on any atom is -0.483 e. The molecule has 0 N–H and O–H groups in total. The highest BCUT2D eigenvalue weighted by Gasteiger charge is 2.51. The first-order valence-electron chi connectivity index (χ1n) is 21.7. The van der Waals surface area contributed by atoms with Gasteiger partial charge in [-0.25, -0.2) is 0 Å². The zero-order valence-corrected chi connectivity index (χ0v) is 32.5. The van der Waals surface area contributed by atoms with Crippen molar-refractivity contribution < 1.29 is 4.74 Å². The number of hydrogen-bond acceptors (Lipinski definition) is 3. The van der Waals surface area contributed by atoms with Gasteiger partial charge in [-0.1, -0.05) is 134 Å². The molecule has 10 atom stereocenters. The third kappa shape index (κ3) is 5.38. The molecule has 1 fully saturated rings. The number of ether oxygens (including phenoxy) is 1. The normalized spacial score (nSPS) is 32.4. The Morgan fingerprint density at radius 2 is 1.39 bits per heavy atom. The van der Waals surface area contributed by atoms with Crippen LogP contribution in [0.4, 0.5) is 11.4 Å². The Labute approximate surface area is 337 Å². The lowest BCUT2D eigenvalue weighted by molar-refractivity contribution is 0.244. The highest BCUT2D eigenvalue weighted by molar-refractivity contribution is 5.83. The topological polar surface area (TPSA) is 15.7 Å². The van der Waals surface area contributed by atoms with Crippen molar-refractivity contribution in [2.24, 2.45) is 29.6 Å². The summed E-state index contributed by atoms with van der Waals surface area (Å²) >= 11 is 0. The van der Waals surface area contributed by atoms with Crippen molar-refractivity contribution in [3.8, 4) is 28.0 Å². The zero-order valence-electron chi connectivity index (χ0n) is 32.5. The summed E-state index contributed by atoms with van der Waals surface area (Å²) in [6.45, 7) is 0. The van der Waals surface area contributed by atoms with Gasteiger partial charge in [0, 0.05) is 34.8 Å². The lowest BCUT2D eigenvalue weighted by atomic mass is 9.68. The first-order chi connectivity index (χ1) is 28.3. The molecular formula is C54H50N2O. The standard InChI is InChI=1S/C54H50N2O/c1-3-14-35(15-4-1)36-16-13-17-39(32-36)41-29-31-50(54-53(41)45-22-9-12-25-52(45)57-54)56-48-24-11-7-20-42(48)44-28-26-38(34-51(44)56)37-27-30-49-46(33-37)43-21-8-10-23-47(43)55(49)40-18-5-2-6-19-40/h1-6,9-19,22-32,37-38,43-47,49,51-52H,7-8,20-21,33-34H2. The molecule has 3 heterocycles. The van der Waals surface area contributed by atoms with Gasteiger partial charge in [-0.05, 0) is 126 Å². The second kappa shape index (κ2) is 13.5. The Morgan fingerprint density at radius 3 is 2.30 bits per heavy atom. The Bertz CT molecular complexity index is 2430. The molecule has 4 aromatic carbocycles. The van der Waals surface area contributed by atoms with E-state index in [1.807, 2.05) is 0 Å². The van der Waals surface area contributed by atoms with E-state index in [-0.39, 0.29) is 12.0 Å². The lowest BCUT2D eigenvalue weighted by Crippen LogP contribution is -2.40. The molecule has 0 bridgehead atoms. The van der Waals surface area contributed by atoms with Crippen LogP contribution in [0.2, 0.25) is 0 Å². The van der Waals surface area contributed by atoms with E-state index in [2.05, 4.69) is 180 Å². The molecule has 12 rings (SSSR count). The summed E-state index contributed by atoms with van der Waals surface area (Å²) in [6.07, 6.45) is 36.5. The predicted molar refractivity (Wildman–Crippen MR) is 234 cm³/mol. The van der Waals surface area contributed by atoms with Crippen molar-refractivity contribution >= 4 is 11.4 Å². The summed E-state index contributed by atoms with van der Waals surface area (Å²) in [5.74, 6) is 4.18. The van der Waals surface area contributed by atoms with E-state index in [1.54, 1.807) is 5.57 Å². The van der Waals surface area contributed by atoms with E-state index < -0.39 is 0 Å². The van der Waals surface area contributed by atoms with E-state index in [1.165, 1.54) is 64.2 Å². The van der Waals surface area contributed by atoms with Gasteiger partial charge in [0.2, 0.25) is 0 Å². The molecule has 57 heavy (non-hydrogen) atoms. The molecule has 1 saturated heterocycles. The van der Waals surface area contributed by atoms with Gasteiger partial charge < -0.3 is 14.5 Å². The summed E-state index contributed by atoms with van der Waals surface area (Å²) in [7, 11) is 0. The van der Waals surface area contributed by atoms with Gasteiger partial charge in [0.15, 0.2) is 0 Å². The summed E-state index contributed by atoms with van der Waals surface area (Å²) in [5, 5.41) is 0. The molecule has 3 heteroatoms. The van der Waals surface area contributed by atoms with Gasteiger partial charge >= 0.3 is 0 Å². The van der Waals surface area contributed by atoms with E-state index in [0.29, 0.717) is 47.7 Å². The van der Waals surface area contributed by atoms with E-state index in [4.69, 9.17) is 4.74 Å². The molecule has 4 aromatic rings. The molecule has 3 aliphatic heterocycles. The SMILES string of the molecule is C1=CC2Oc3c(N4C5=C(CCC=C5)C5C=CC(C6C=CC7C(C6)C6CCC=CC6N7c6ccccc6)CC54)ccc(-c4cccc(-c5ccccc5)c4)c3C2C=C1. The number of benzene rings is 4. The number of nitrogens with zero attached hydrogens (tertiary/aromatic N) is 2. The molecule has 0 saturated carbocycles. The van der Waals surface area contributed by atoms with Crippen LogP contribution in [0.3, 0.4) is 0 Å². The fraction of sp³-hybridized carbons (Fsp3) is 0.296. The number of rotatable bonds is 5. The first kappa shape index (κ1) is 33.6. The quantitative estimate of drug-likeness (QED) is 0.189. The van der Waals surface area contributed by atoms with Crippen LogP contribution in [0.25, 0.3) is 22.3 Å². The van der Waals surface area contributed by atoms with Crippen LogP contribution in [-0.2, 0) is 0 Å². The monoisotopic (exact) mass is 742 g/mol. The average molecular weight is 743 g/mol. The van der Waals surface area contributed by atoms with Gasteiger partial charge in [0.25, 0.3) is 0 Å². The fourth-order valence-electron chi connectivity index (χ4n) is 12.4. The van der Waals surface area contributed by atoms with Crippen LogP contribution in [0.1, 0.15) is 50.0 Å². The Morgan fingerprint density at radius 1 is 0.596 bits per heavy atom. The summed E-state index contributed by atoms with van der Waals surface area (Å²) in [5.41, 5.74) is 12.0. The molecule has 10 unspecified atom stereocenters. The van der Waals surface area contributed by atoms with Crippen molar-refractivity contribution in [1.82, 2.24) is 0 Å². The second-order valence-corrected chi connectivity index (χ2v) is 17.6. The Kier molecular flexibility index (Phi) is 7.98. The fourth-order valence-corrected chi connectivity index (χ4v) is 12.4. The van der Waals surface area contributed by atoms with Crippen molar-refractivity contribution in [1.29, 1.82) is 0 Å². The number of para-hydroxylation sites is 1. The van der Waals surface area contributed by atoms with E-state index in [9.17, 15) is 0 Å². The molecular weight excluding hydrogens is 693 g/mol. The first-order valence-corrected chi connectivity index (χ1v) is 21.7. The molecule has 0 radical (unpaired) electrons. The molecule has 3 nitrogen and oxygen atoms in total. The molecule has 0 amide bonds. The number of allylic oxidation sites excluding steroid dienone is 7. The van der Waals surface area contributed by atoms with Gasteiger partial charge in [0.1, 0.15) is 11.9 Å². The number of fused-ring (bicyclic) bond motifs is 8. The molecule has 8 aliphatic rings. The van der Waals surface area contributed by atoms with Crippen LogP contribution in [0, 0.1) is 29.6 Å². The minimum absolute atomic E-state index is 0.00981. The molecule has 282 valence electrons. The minimum atomic E-state index is 0.00981. The Hall–Kier alpha value is -5.54. The lowest BCUT2D eigenvalue weighted by Gasteiger charge is -2.41. The summed E-state index contributed by atoms with van der Waals surface area (Å²) in [6, 6.07) is 37.2. The van der Waals surface area contributed by atoms with Crippen molar-refractivity contribution in [2.45, 2.75) is 68.7 Å². The third-order valence-electron chi connectivity index (χ3n) is 14.8. The number of anilines is 2. The highest BCUT2D eigenvalue weighted by Crippen LogP contribution is 2.57. The van der Waals surface area contributed by atoms with E-state index in [0.717, 1.165) is 25.0 Å².